The van der Waals surface area contributed by atoms with Crippen molar-refractivity contribution in [2.45, 2.75) is 38.0 Å². The zero-order valence-electron chi connectivity index (χ0n) is 9.48. The first-order valence-electron chi connectivity index (χ1n) is 4.58. The summed E-state index contributed by atoms with van der Waals surface area (Å²) in [6.45, 7) is 4.49. The van der Waals surface area contributed by atoms with Gasteiger partial charge < -0.3 is 11.5 Å². The van der Waals surface area contributed by atoms with Crippen molar-refractivity contribution in [3.63, 3.8) is 0 Å². The number of amides is 1. The van der Waals surface area contributed by atoms with Crippen molar-refractivity contribution >= 4 is 33.1 Å². The van der Waals surface area contributed by atoms with Crippen LogP contribution < -0.4 is 16.2 Å². The maximum absolute atomic E-state index is 11.7. The largest absolute Gasteiger partial charge is 0.392 e. The Bertz CT molecular complexity index is 389. The molecule has 0 aliphatic rings. The number of hydrogen-bond donors (Lipinski definition) is 3. The van der Waals surface area contributed by atoms with Crippen LogP contribution in [0.25, 0.3) is 0 Å². The first-order valence-corrected chi connectivity index (χ1v) is 6.54. The predicted octanol–water partition coefficient (Wildman–Crippen LogP) is -0.766. The highest BCUT2D eigenvalue weighted by Gasteiger charge is 2.31. The van der Waals surface area contributed by atoms with E-state index in [-0.39, 0.29) is 11.4 Å². The molecular formula is C8H17N3O3S2. The normalized spacial score (nSPS) is 14.4. The highest BCUT2D eigenvalue weighted by Crippen LogP contribution is 2.12. The Morgan fingerprint density at radius 3 is 2.19 bits per heavy atom. The Kier molecular flexibility index (Phi) is 4.84. The summed E-state index contributed by atoms with van der Waals surface area (Å²) < 4.78 is 25.8. The third-order valence-electron chi connectivity index (χ3n) is 1.90. The lowest BCUT2D eigenvalue weighted by molar-refractivity contribution is -0.119. The van der Waals surface area contributed by atoms with Gasteiger partial charge in [0.25, 0.3) is 0 Å². The van der Waals surface area contributed by atoms with Gasteiger partial charge in [-0.05, 0) is 20.8 Å². The van der Waals surface area contributed by atoms with Crippen molar-refractivity contribution in [3.8, 4) is 0 Å². The Balaban J connectivity index is 4.84. The second-order valence-electron chi connectivity index (χ2n) is 4.22. The molecule has 0 heterocycles. The summed E-state index contributed by atoms with van der Waals surface area (Å²) in [4.78, 5) is 10.6. The zero-order valence-corrected chi connectivity index (χ0v) is 11.1. The van der Waals surface area contributed by atoms with E-state index >= 15 is 0 Å². The molecule has 0 fully saturated rings. The van der Waals surface area contributed by atoms with Gasteiger partial charge in [0.2, 0.25) is 15.9 Å². The van der Waals surface area contributed by atoms with Crippen molar-refractivity contribution in [3.05, 3.63) is 0 Å². The van der Waals surface area contributed by atoms with E-state index in [2.05, 4.69) is 16.9 Å². The number of nitrogens with one attached hydrogen (secondary N) is 1. The van der Waals surface area contributed by atoms with E-state index in [0.717, 1.165) is 0 Å². The third kappa shape index (κ3) is 4.86. The minimum Gasteiger partial charge on any atom is -0.392 e. The summed E-state index contributed by atoms with van der Waals surface area (Å²) in [5.74, 6) is -0.587. The number of sulfonamides is 1. The molecule has 0 aromatic heterocycles. The highest BCUT2D eigenvalue weighted by molar-refractivity contribution is 7.93. The number of rotatable bonds is 6. The fourth-order valence-electron chi connectivity index (χ4n) is 1.10. The molecule has 0 aromatic carbocycles. The van der Waals surface area contributed by atoms with Crippen LogP contribution in [0.4, 0.5) is 0 Å². The third-order valence-corrected chi connectivity index (χ3v) is 4.43. The number of thiocarbonyl (C=S) groups is 1. The van der Waals surface area contributed by atoms with Crippen LogP contribution in [0.5, 0.6) is 0 Å². The maximum atomic E-state index is 11.7. The van der Waals surface area contributed by atoms with Gasteiger partial charge in [-0.2, -0.15) is 0 Å². The Morgan fingerprint density at radius 2 is 1.88 bits per heavy atom. The van der Waals surface area contributed by atoms with E-state index in [9.17, 15) is 13.2 Å². The summed E-state index contributed by atoms with van der Waals surface area (Å²) in [6, 6.07) is 0. The molecule has 1 unspecified atom stereocenters. The molecule has 5 N–H and O–H groups in total. The Morgan fingerprint density at radius 1 is 1.44 bits per heavy atom. The highest BCUT2D eigenvalue weighted by atomic mass is 32.2. The van der Waals surface area contributed by atoms with Crippen LogP contribution in [-0.4, -0.2) is 30.1 Å². The molecule has 0 rings (SSSR count). The van der Waals surface area contributed by atoms with Gasteiger partial charge in [0.15, 0.2) is 0 Å². The van der Waals surface area contributed by atoms with Crippen LogP contribution in [0.3, 0.4) is 0 Å². The quantitative estimate of drug-likeness (QED) is 0.547. The van der Waals surface area contributed by atoms with Crippen LogP contribution >= 0.6 is 12.2 Å². The monoisotopic (exact) mass is 267 g/mol. The topological polar surface area (TPSA) is 115 Å². The van der Waals surface area contributed by atoms with Gasteiger partial charge in [-0.25, -0.2) is 13.1 Å². The molecule has 0 saturated carbocycles. The molecule has 0 spiro atoms. The van der Waals surface area contributed by atoms with E-state index in [0.29, 0.717) is 0 Å². The molecule has 6 nitrogen and oxygen atoms in total. The fraction of sp³-hybridized carbons (Fsp3) is 0.750. The Labute approximate surface area is 101 Å². The SMILES string of the molecule is CC(C(N)=S)S(=O)(=O)NC(C)(C)CC(N)=O. The number of carbonyl (C=O) groups is 1. The van der Waals surface area contributed by atoms with E-state index in [1.165, 1.54) is 6.92 Å². The van der Waals surface area contributed by atoms with Gasteiger partial charge >= 0.3 is 0 Å². The molecule has 1 amide bonds. The van der Waals surface area contributed by atoms with Crippen LogP contribution in [0.2, 0.25) is 0 Å². The molecule has 8 heteroatoms. The minimum atomic E-state index is -3.69. The van der Waals surface area contributed by atoms with Gasteiger partial charge in [-0.3, -0.25) is 4.79 Å². The lowest BCUT2D eigenvalue weighted by Gasteiger charge is -2.26. The van der Waals surface area contributed by atoms with E-state index < -0.39 is 26.7 Å². The van der Waals surface area contributed by atoms with Crippen molar-refractivity contribution < 1.29 is 13.2 Å². The molecule has 0 aliphatic heterocycles. The molecule has 0 aromatic rings. The zero-order chi connectivity index (χ0) is 13.1. The minimum absolute atomic E-state index is 0.101. The Hall–Kier alpha value is -0.730. The molecule has 0 radical (unpaired) electrons. The molecule has 0 bridgehead atoms. The number of nitrogens with two attached hydrogens (primary N) is 2. The average molecular weight is 267 g/mol. The molecule has 1 atom stereocenters. The molecule has 94 valence electrons. The number of carbonyl (C=O) groups excluding carboxylic acids is 1. The summed E-state index contributed by atoms with van der Waals surface area (Å²) >= 11 is 4.61. The first kappa shape index (κ1) is 15.3. The van der Waals surface area contributed by atoms with Gasteiger partial charge in [0.05, 0.1) is 4.99 Å². The smallest absolute Gasteiger partial charge is 0.221 e. The molecule has 16 heavy (non-hydrogen) atoms. The first-order chi connectivity index (χ1) is 6.98. The second kappa shape index (κ2) is 5.07. The second-order valence-corrected chi connectivity index (χ2v) is 6.69. The maximum Gasteiger partial charge on any atom is 0.221 e. The summed E-state index contributed by atoms with van der Waals surface area (Å²) in [7, 11) is -3.69. The van der Waals surface area contributed by atoms with Gasteiger partial charge in [-0.15, -0.1) is 0 Å². The van der Waals surface area contributed by atoms with Crippen LogP contribution in [0.1, 0.15) is 27.2 Å². The lowest BCUT2D eigenvalue weighted by Crippen LogP contribution is -2.51. The summed E-state index contributed by atoms with van der Waals surface area (Å²) in [5, 5.41) is -0.991. The van der Waals surface area contributed by atoms with Crippen LogP contribution in [0.15, 0.2) is 0 Å². The van der Waals surface area contributed by atoms with Crippen molar-refractivity contribution in [1.82, 2.24) is 4.72 Å². The van der Waals surface area contributed by atoms with E-state index in [1.54, 1.807) is 13.8 Å². The molecule has 0 saturated heterocycles. The van der Waals surface area contributed by atoms with Gasteiger partial charge in [0, 0.05) is 12.0 Å². The van der Waals surface area contributed by atoms with E-state index in [4.69, 9.17) is 11.5 Å². The standard InChI is InChI=1S/C8H17N3O3S2/c1-5(7(10)15)16(13,14)11-8(2,3)4-6(9)12/h5,11H,4H2,1-3H3,(H2,9,12)(H2,10,15). The summed E-state index contributed by atoms with van der Waals surface area (Å²) in [5.41, 5.74) is 9.32. The summed E-state index contributed by atoms with van der Waals surface area (Å²) in [6.07, 6.45) is -0.101. The lowest BCUT2D eigenvalue weighted by atomic mass is 10.0. The molecular weight excluding hydrogens is 250 g/mol. The van der Waals surface area contributed by atoms with Crippen molar-refractivity contribution in [1.29, 1.82) is 0 Å². The average Bonchev–Trinajstić information content (AvgIpc) is 1.97. The fourth-order valence-corrected chi connectivity index (χ4v) is 2.80. The van der Waals surface area contributed by atoms with Gasteiger partial charge in [0.1, 0.15) is 5.25 Å². The van der Waals surface area contributed by atoms with Crippen molar-refractivity contribution in [2.24, 2.45) is 11.5 Å². The predicted molar refractivity (Wildman–Crippen MR) is 66.2 cm³/mol. The number of hydrogen-bond acceptors (Lipinski definition) is 4. The molecule has 0 aliphatic carbocycles. The van der Waals surface area contributed by atoms with Crippen LogP contribution in [-0.2, 0) is 14.8 Å². The van der Waals surface area contributed by atoms with Crippen LogP contribution in [0, 0.1) is 0 Å². The van der Waals surface area contributed by atoms with Gasteiger partial charge in [-0.1, -0.05) is 12.2 Å². The van der Waals surface area contributed by atoms with E-state index in [1.807, 2.05) is 0 Å². The van der Waals surface area contributed by atoms with Crippen molar-refractivity contribution in [2.75, 3.05) is 0 Å². The number of primary amides is 1.